The average Bonchev–Trinajstić information content (AvgIpc) is 3.11. The number of nitrogens with two attached hydrogens (primary N) is 2. The van der Waals surface area contributed by atoms with Crippen LogP contribution in [0.25, 0.3) is 0 Å². The maximum atomic E-state index is 10.7. The quantitative estimate of drug-likeness (QED) is 0.520. The molecule has 2 unspecified atom stereocenters. The van der Waals surface area contributed by atoms with Crippen molar-refractivity contribution >= 4 is 11.8 Å². The number of nitrogens with zero attached hydrogens (tertiary/aromatic N) is 1. The van der Waals surface area contributed by atoms with Gasteiger partial charge in [0.25, 0.3) is 0 Å². The Morgan fingerprint density at radius 1 is 1.50 bits per heavy atom. The number of aliphatic imine (C=N–C) groups is 1. The van der Waals surface area contributed by atoms with E-state index in [4.69, 9.17) is 21.3 Å². The van der Waals surface area contributed by atoms with Crippen LogP contribution in [0.4, 0.5) is 0 Å². The Kier molecular flexibility index (Phi) is 4.24. The van der Waals surface area contributed by atoms with Crippen LogP contribution in [0, 0.1) is 5.92 Å². The molecule has 1 aliphatic rings. The Hall–Kier alpha value is -2.08. The van der Waals surface area contributed by atoms with E-state index in [-0.39, 0.29) is 18.7 Å². The first-order chi connectivity index (χ1) is 9.47. The Bertz CT molecular complexity index is 513. The lowest BCUT2D eigenvalue weighted by atomic mass is 10.2. The molecular weight excluding hydrogens is 258 g/mol. The zero-order valence-electron chi connectivity index (χ0n) is 11.3. The van der Waals surface area contributed by atoms with Crippen LogP contribution < -0.4 is 16.2 Å². The Morgan fingerprint density at radius 3 is 2.60 bits per heavy atom. The third kappa shape index (κ3) is 3.71. The highest BCUT2D eigenvalue weighted by Gasteiger charge is 2.33. The van der Waals surface area contributed by atoms with Crippen molar-refractivity contribution in [3.63, 3.8) is 0 Å². The first-order valence-corrected chi connectivity index (χ1v) is 6.52. The van der Waals surface area contributed by atoms with Gasteiger partial charge in [-0.15, -0.1) is 0 Å². The van der Waals surface area contributed by atoms with Crippen molar-refractivity contribution in [2.24, 2.45) is 22.4 Å². The minimum Gasteiger partial charge on any atom is -0.493 e. The lowest BCUT2D eigenvalue weighted by Crippen LogP contribution is -2.18. The molecule has 0 amide bonds. The molecule has 6 nitrogen and oxygen atoms in total. The molecule has 0 bridgehead atoms. The summed E-state index contributed by atoms with van der Waals surface area (Å²) in [5, 5.41) is 8.77. The molecule has 0 aromatic heterocycles. The van der Waals surface area contributed by atoms with Crippen LogP contribution in [0.1, 0.15) is 18.9 Å². The van der Waals surface area contributed by atoms with E-state index in [0.29, 0.717) is 11.6 Å². The maximum absolute atomic E-state index is 10.7. The van der Waals surface area contributed by atoms with E-state index in [2.05, 4.69) is 4.99 Å². The second-order valence-corrected chi connectivity index (χ2v) is 5.06. The fourth-order valence-corrected chi connectivity index (χ4v) is 1.62. The molecule has 2 rings (SSSR count). The van der Waals surface area contributed by atoms with E-state index in [1.807, 2.05) is 0 Å². The molecule has 0 saturated heterocycles. The maximum Gasteiger partial charge on any atom is 0.309 e. The molecule has 5 N–H and O–H groups in total. The van der Waals surface area contributed by atoms with Gasteiger partial charge in [-0.1, -0.05) is 0 Å². The number of benzene rings is 1. The summed E-state index contributed by atoms with van der Waals surface area (Å²) in [6.45, 7) is 1.73. The molecule has 108 valence electrons. The van der Waals surface area contributed by atoms with Crippen molar-refractivity contribution in [2.45, 2.75) is 25.4 Å². The number of ether oxygens (including phenoxy) is 1. The normalized spacial score (nSPS) is 23.2. The number of hydrogen-bond acceptors (Lipinski definition) is 4. The predicted molar refractivity (Wildman–Crippen MR) is 75.8 cm³/mol. The Balaban J connectivity index is 1.92. The number of amidine groups is 1. The molecule has 0 aliphatic heterocycles. The Labute approximate surface area is 117 Å². The van der Waals surface area contributed by atoms with Gasteiger partial charge < -0.3 is 21.3 Å². The number of carboxylic acids is 1. The number of hydrogen-bond donors (Lipinski definition) is 3. The third-order valence-electron chi connectivity index (χ3n) is 3.18. The van der Waals surface area contributed by atoms with E-state index in [0.717, 1.165) is 12.0 Å². The summed E-state index contributed by atoms with van der Waals surface area (Å²) in [7, 11) is 0. The van der Waals surface area contributed by atoms with Crippen LogP contribution in [-0.4, -0.2) is 35.6 Å². The first-order valence-electron chi connectivity index (χ1n) is 6.52. The monoisotopic (exact) mass is 277 g/mol. The molecule has 0 radical (unpaired) electrons. The molecule has 6 heteroatoms. The smallest absolute Gasteiger partial charge is 0.309 e. The molecule has 1 saturated carbocycles. The summed E-state index contributed by atoms with van der Waals surface area (Å²) in [6.07, 6.45) is 0.884. The molecule has 20 heavy (non-hydrogen) atoms. The van der Waals surface area contributed by atoms with E-state index in [1.165, 1.54) is 0 Å². The van der Waals surface area contributed by atoms with Crippen molar-refractivity contribution < 1.29 is 14.6 Å². The van der Waals surface area contributed by atoms with Crippen LogP contribution >= 0.6 is 0 Å². The topological polar surface area (TPSA) is 111 Å². The highest BCUT2D eigenvalue weighted by atomic mass is 16.5. The first kappa shape index (κ1) is 14.3. The minimum atomic E-state index is -0.876. The molecule has 3 atom stereocenters. The van der Waals surface area contributed by atoms with Crippen molar-refractivity contribution in [2.75, 3.05) is 6.61 Å². The summed E-state index contributed by atoms with van der Waals surface area (Å²) >= 11 is 0. The van der Waals surface area contributed by atoms with Gasteiger partial charge in [-0.25, -0.2) is 0 Å². The zero-order valence-corrected chi connectivity index (χ0v) is 11.3. The van der Waals surface area contributed by atoms with Gasteiger partial charge in [0.05, 0.1) is 12.0 Å². The fourth-order valence-electron chi connectivity index (χ4n) is 1.62. The third-order valence-corrected chi connectivity index (χ3v) is 3.18. The highest BCUT2D eigenvalue weighted by molar-refractivity contribution is 5.97. The van der Waals surface area contributed by atoms with Gasteiger partial charge >= 0.3 is 5.97 Å². The minimum absolute atomic E-state index is 0.133. The van der Waals surface area contributed by atoms with Gasteiger partial charge in [0.2, 0.25) is 0 Å². The fraction of sp³-hybridized carbons (Fsp3) is 0.429. The van der Waals surface area contributed by atoms with Gasteiger partial charge in [0.15, 0.2) is 0 Å². The van der Waals surface area contributed by atoms with Crippen molar-refractivity contribution in [3.05, 3.63) is 29.8 Å². The summed E-state index contributed by atoms with van der Waals surface area (Å²) in [6, 6.07) is 7.37. The number of carboxylic acid groups (broad SMARTS) is 1. The van der Waals surface area contributed by atoms with E-state index >= 15 is 0 Å². The van der Waals surface area contributed by atoms with Crippen LogP contribution in [-0.2, 0) is 4.79 Å². The molecular formula is C14H19N3O3. The largest absolute Gasteiger partial charge is 0.493 e. The van der Waals surface area contributed by atoms with E-state index in [1.54, 1.807) is 31.2 Å². The summed E-state index contributed by atoms with van der Waals surface area (Å²) in [4.78, 5) is 15.0. The summed E-state index contributed by atoms with van der Waals surface area (Å²) in [5.41, 5.74) is 12.4. The second kappa shape index (κ2) is 5.92. The standard InChI is InChI=1S/C14H19N3O3/c1-8(14(18)19)7-20-10-4-2-9(3-5-10)13(16)17-12-6-11(12)15/h2-5,8,11-12H,6-7,15H2,1H3,(H2,16,17)(H,18,19)/t8?,11-,12?/m1/s1. The lowest BCUT2D eigenvalue weighted by Gasteiger charge is -2.09. The van der Waals surface area contributed by atoms with Gasteiger partial charge in [-0.2, -0.15) is 0 Å². The van der Waals surface area contributed by atoms with Crippen LogP contribution in [0.15, 0.2) is 29.3 Å². The van der Waals surface area contributed by atoms with Gasteiger partial charge in [-0.05, 0) is 37.6 Å². The van der Waals surface area contributed by atoms with Crippen molar-refractivity contribution in [1.82, 2.24) is 0 Å². The number of rotatable bonds is 6. The molecule has 1 aliphatic carbocycles. The molecule has 1 aromatic carbocycles. The van der Waals surface area contributed by atoms with Crippen LogP contribution in [0.5, 0.6) is 5.75 Å². The molecule has 1 fully saturated rings. The highest BCUT2D eigenvalue weighted by Crippen LogP contribution is 2.23. The molecule has 0 heterocycles. The van der Waals surface area contributed by atoms with Crippen molar-refractivity contribution in [3.8, 4) is 5.75 Å². The van der Waals surface area contributed by atoms with Crippen molar-refractivity contribution in [1.29, 1.82) is 0 Å². The van der Waals surface area contributed by atoms with Gasteiger partial charge in [-0.3, -0.25) is 9.79 Å². The average molecular weight is 277 g/mol. The van der Waals surface area contributed by atoms with Crippen LogP contribution in [0.3, 0.4) is 0 Å². The lowest BCUT2D eigenvalue weighted by molar-refractivity contribution is -0.142. The summed E-state index contributed by atoms with van der Waals surface area (Å²) in [5.74, 6) is -0.345. The number of carbonyl (C=O) groups is 1. The zero-order chi connectivity index (χ0) is 14.7. The van der Waals surface area contributed by atoms with Gasteiger partial charge in [0, 0.05) is 11.6 Å². The molecule has 1 aromatic rings. The molecule has 0 spiro atoms. The van der Waals surface area contributed by atoms with E-state index < -0.39 is 11.9 Å². The summed E-state index contributed by atoms with van der Waals surface area (Å²) < 4.78 is 5.39. The number of aliphatic carboxylic acids is 1. The van der Waals surface area contributed by atoms with Crippen LogP contribution in [0.2, 0.25) is 0 Å². The Morgan fingerprint density at radius 2 is 2.10 bits per heavy atom. The second-order valence-electron chi connectivity index (χ2n) is 5.06. The van der Waals surface area contributed by atoms with E-state index in [9.17, 15) is 4.79 Å². The van der Waals surface area contributed by atoms with Gasteiger partial charge in [0.1, 0.15) is 18.2 Å². The SMILES string of the molecule is CC(COc1ccc(C(N)=NC2C[C@H]2N)cc1)C(=O)O. The predicted octanol–water partition coefficient (Wildman–Crippen LogP) is 0.591.